The van der Waals surface area contributed by atoms with Crippen molar-refractivity contribution in [3.8, 4) is 0 Å². The Morgan fingerprint density at radius 1 is 0.394 bits per heavy atom. The Morgan fingerprint density at radius 2 is 0.769 bits per heavy atom. The number of hydrogen-bond acceptors (Lipinski definition) is 10. The van der Waals surface area contributed by atoms with E-state index in [1.54, 1.807) is 13.8 Å². The molecule has 0 aromatic carbocycles. The van der Waals surface area contributed by atoms with Crippen molar-refractivity contribution in [2.75, 3.05) is 0 Å². The van der Waals surface area contributed by atoms with E-state index in [9.17, 15) is 116 Å². The van der Waals surface area contributed by atoms with Gasteiger partial charge in [-0.2, -0.15) is 92.2 Å². The first-order valence-electron chi connectivity index (χ1n) is 34.0. The summed E-state index contributed by atoms with van der Waals surface area (Å²) in [5, 5.41) is 0. The van der Waals surface area contributed by atoms with Crippen LogP contribution in [0.2, 0.25) is 0 Å². The maximum atomic E-state index is 13.5. The molecule has 10 nitrogen and oxygen atoms in total. The molecule has 10 atom stereocenters. The predicted molar refractivity (Wildman–Crippen MR) is 349 cm³/mol. The fraction of sp³-hybridized carbons (Fsp3) is 0.795. The van der Waals surface area contributed by atoms with Crippen LogP contribution in [0, 0.1) is 68.0 Å². The zero-order chi connectivity index (χ0) is 82.5. The summed E-state index contributed by atoms with van der Waals surface area (Å²) in [5.41, 5.74) is -13.3. The van der Waals surface area contributed by atoms with Gasteiger partial charge in [-0.3, -0.25) is 0 Å². The molecule has 2 bridgehead atoms. The van der Waals surface area contributed by atoms with Gasteiger partial charge in [0.1, 0.15) is 30.5 Å². The molecular formula is C73H107F21O10. The van der Waals surface area contributed by atoms with Crippen molar-refractivity contribution in [2.45, 2.75) is 301 Å². The summed E-state index contributed by atoms with van der Waals surface area (Å²) in [4.78, 5) is 57.3. The third-order valence-electron chi connectivity index (χ3n) is 20.2. The molecule has 4 rings (SSSR count). The minimum absolute atomic E-state index is 0.0173. The molecule has 0 radical (unpaired) electrons. The first kappa shape index (κ1) is 98.6. The van der Waals surface area contributed by atoms with Gasteiger partial charge in [0.2, 0.25) is 0 Å². The van der Waals surface area contributed by atoms with E-state index in [4.69, 9.17) is 23.7 Å². The van der Waals surface area contributed by atoms with Crippen molar-refractivity contribution >= 4 is 29.8 Å². The van der Waals surface area contributed by atoms with E-state index in [0.29, 0.717) is 18.4 Å². The average molecular weight is 1540 g/mol. The fourth-order valence-corrected chi connectivity index (χ4v) is 12.3. The van der Waals surface area contributed by atoms with Crippen LogP contribution in [0.15, 0.2) is 60.8 Å². The minimum Gasteiger partial charge on any atom is -0.459 e. The Labute approximate surface area is 597 Å². The molecule has 0 aromatic heterocycles. The predicted octanol–water partition coefficient (Wildman–Crippen LogP) is 23.5. The van der Waals surface area contributed by atoms with Gasteiger partial charge in [-0.05, 0) is 167 Å². The summed E-state index contributed by atoms with van der Waals surface area (Å²) in [5.74, 6) is -6.68. The highest BCUT2D eigenvalue weighted by molar-refractivity contribution is 5.88. The molecule has 0 amide bonds. The summed E-state index contributed by atoms with van der Waals surface area (Å²) >= 11 is 0. The zero-order valence-corrected chi connectivity index (χ0v) is 62.7. The van der Waals surface area contributed by atoms with E-state index in [1.807, 2.05) is 0 Å². The summed E-state index contributed by atoms with van der Waals surface area (Å²) in [6, 6.07) is 0. The van der Waals surface area contributed by atoms with Gasteiger partial charge in [0.05, 0.1) is 27.1 Å². The number of alkyl halides is 21. The van der Waals surface area contributed by atoms with Crippen LogP contribution in [-0.4, -0.2) is 104 Å². The van der Waals surface area contributed by atoms with Crippen LogP contribution in [0.4, 0.5) is 92.2 Å². The minimum atomic E-state index is -5.76. The first-order valence-corrected chi connectivity index (χ1v) is 34.0. The third kappa shape index (κ3) is 28.6. The van der Waals surface area contributed by atoms with Gasteiger partial charge in [-0.1, -0.05) is 128 Å². The number of carbonyl (C=O) groups excluding carboxylic acids is 5. The molecule has 0 saturated heterocycles. The summed E-state index contributed by atoms with van der Waals surface area (Å²) in [6.45, 7) is 38.0. The van der Waals surface area contributed by atoms with E-state index in [1.165, 1.54) is 48.5 Å². The molecule has 0 spiro atoms. The van der Waals surface area contributed by atoms with Crippen molar-refractivity contribution < 1.29 is 140 Å². The molecular weight excluding hydrogens is 1440 g/mol. The van der Waals surface area contributed by atoms with E-state index >= 15 is 0 Å². The molecule has 4 fully saturated rings. The monoisotopic (exact) mass is 1540 g/mol. The van der Waals surface area contributed by atoms with Crippen molar-refractivity contribution in [1.82, 2.24) is 0 Å². The highest BCUT2D eigenvalue weighted by Crippen LogP contribution is 2.62. The second kappa shape index (κ2) is 37.1. The van der Waals surface area contributed by atoms with Gasteiger partial charge in [0, 0.05) is 27.9 Å². The fourth-order valence-electron chi connectivity index (χ4n) is 12.3. The van der Waals surface area contributed by atoms with Crippen molar-refractivity contribution in [3.05, 3.63) is 60.8 Å². The Bertz CT molecular complexity index is 2880. The van der Waals surface area contributed by atoms with Crippen LogP contribution in [0.5, 0.6) is 0 Å². The standard InChI is InChI=1S/C18H23F9O2.C16H23F3O2.C16H25F3O2.C12H19F3O2.C11H17F3O2/c1-9(2)13(28)29-12-7-10(14(3,4)16(19,20)21)6-11(8-12)15(5,17(22,23)24)18(25,26)27;1-9(2)14(20)21-13-7-10-5-11(13)6-12(10)8-15(3,4)16(17,18)19;1-11(2)14(20)21-13(12-8-6-5-7-9-12)10-15(3,4)16(17,18)19;1-6-9(17-10(16)8(2)3)7-11(4,5)12(13,14)15;1-7(2)9(15)16-8(3)6-10(4,5)11(12,13)14/h10-12H,1,6-8H2,2-5H3;10-13H,1,5-8H2,2-4H3;12-13H,1,5-10H2,2-4H3;9H,2,6-7H2,1,3-5H3;8H,1,6H2,2-5H3. The lowest BCUT2D eigenvalue weighted by molar-refractivity contribution is -0.358. The lowest BCUT2D eigenvalue weighted by Crippen LogP contribution is -2.56. The first-order chi connectivity index (χ1) is 46.2. The normalized spacial score (nSPS) is 21.9. The van der Waals surface area contributed by atoms with E-state index in [-0.39, 0.29) is 90.6 Å². The molecule has 0 N–H and O–H groups in total. The van der Waals surface area contributed by atoms with Crippen molar-refractivity contribution in [1.29, 1.82) is 0 Å². The number of esters is 5. The summed E-state index contributed by atoms with van der Waals surface area (Å²) < 4.78 is 301. The van der Waals surface area contributed by atoms with Crippen LogP contribution in [0.1, 0.15) is 227 Å². The van der Waals surface area contributed by atoms with Crippen LogP contribution in [0.25, 0.3) is 0 Å². The zero-order valence-electron chi connectivity index (χ0n) is 62.7. The van der Waals surface area contributed by atoms with E-state index in [2.05, 4.69) is 32.9 Å². The number of ether oxygens (including phenoxy) is 5. The summed E-state index contributed by atoms with van der Waals surface area (Å²) in [7, 11) is 0. The number of rotatable bonds is 22. The number of hydrogen-bond donors (Lipinski definition) is 0. The van der Waals surface area contributed by atoms with Crippen LogP contribution in [-0.2, 0) is 47.7 Å². The molecule has 10 unspecified atom stereocenters. The Balaban J connectivity index is 0.00000130. The summed E-state index contributed by atoms with van der Waals surface area (Å²) in [6.07, 6.45) is -32.9. The molecule has 0 heterocycles. The molecule has 0 aliphatic heterocycles. The Kier molecular flexibility index (Phi) is 35.2. The van der Waals surface area contributed by atoms with Gasteiger partial charge in [0.25, 0.3) is 0 Å². The van der Waals surface area contributed by atoms with Crippen LogP contribution >= 0.6 is 0 Å². The van der Waals surface area contributed by atoms with E-state index < -0.39 is 155 Å². The molecule has 104 heavy (non-hydrogen) atoms. The number of fused-ring (bicyclic) bond motifs is 2. The van der Waals surface area contributed by atoms with Gasteiger partial charge < -0.3 is 23.7 Å². The average Bonchev–Trinajstić information content (AvgIpc) is 0.770. The van der Waals surface area contributed by atoms with Gasteiger partial charge in [0.15, 0.2) is 5.41 Å². The van der Waals surface area contributed by atoms with Crippen molar-refractivity contribution in [2.24, 2.45) is 68.0 Å². The lowest BCUT2D eigenvalue weighted by Gasteiger charge is -2.49. The highest BCUT2D eigenvalue weighted by atomic mass is 19.4. The smallest absolute Gasteiger partial charge is 0.403 e. The number of halogens is 21. The van der Waals surface area contributed by atoms with Gasteiger partial charge in [-0.15, -0.1) is 0 Å². The van der Waals surface area contributed by atoms with E-state index in [0.717, 1.165) is 100 Å². The quantitative estimate of drug-likeness (QED) is 0.0447. The maximum Gasteiger partial charge on any atom is 0.403 e. The SMILES string of the molecule is C=C(C)C(=O)OC(C)CC(C)(C)C(F)(F)F.C=C(C)C(=O)OC(CC(C)(C)C(F)(F)F)C1CCCCC1.C=C(C)C(=O)OC(CC)CC(C)(C)C(F)(F)F.C=C(C)C(=O)OC1CC(C(C)(C)C(F)(F)F)CC(C(C)(C(F)(F)F)C(F)(F)F)C1.C=C(C)C(=O)OC1CC2CC1CC2CC(C)(C)C(F)(F)F. The largest absolute Gasteiger partial charge is 0.459 e. The third-order valence-corrected chi connectivity index (χ3v) is 20.2. The van der Waals surface area contributed by atoms with Crippen molar-refractivity contribution in [3.63, 3.8) is 0 Å². The molecule has 4 aliphatic carbocycles. The van der Waals surface area contributed by atoms with Gasteiger partial charge in [-0.25, -0.2) is 24.0 Å². The van der Waals surface area contributed by atoms with Crippen LogP contribution < -0.4 is 0 Å². The molecule has 0 aromatic rings. The second-order valence-electron chi connectivity index (χ2n) is 31.7. The lowest BCUT2D eigenvalue weighted by atomic mass is 9.60. The van der Waals surface area contributed by atoms with Crippen LogP contribution in [0.3, 0.4) is 0 Å². The van der Waals surface area contributed by atoms with Gasteiger partial charge >= 0.3 is 73.1 Å². The molecule has 4 aliphatic rings. The second-order valence-corrected chi connectivity index (χ2v) is 31.7. The molecule has 606 valence electrons. The number of carbonyl (C=O) groups is 5. The topological polar surface area (TPSA) is 132 Å². The molecule has 31 heteroatoms. The highest BCUT2D eigenvalue weighted by Gasteiger charge is 2.72. The Morgan fingerprint density at radius 3 is 1.13 bits per heavy atom. The molecule has 4 saturated carbocycles. The maximum absolute atomic E-state index is 13.5. The Hall–Kier alpha value is -5.42.